The first kappa shape index (κ1) is 14.5. The molecule has 0 aliphatic carbocycles. The van der Waals surface area contributed by atoms with Gasteiger partial charge in [0.05, 0.1) is 14.7 Å². The Kier molecular flexibility index (Phi) is 4.29. The molecule has 1 aromatic rings. The molecular weight excluding hydrogens is 326 g/mol. The van der Waals surface area contributed by atoms with Gasteiger partial charge in [0.25, 0.3) is 5.91 Å². The minimum absolute atomic E-state index is 0.0881. The Labute approximate surface area is 125 Å². The van der Waals surface area contributed by atoms with Crippen LogP contribution in [0.2, 0.25) is 0 Å². The van der Waals surface area contributed by atoms with Crippen LogP contribution in [0.5, 0.6) is 0 Å². The summed E-state index contributed by atoms with van der Waals surface area (Å²) in [5.74, 6) is 0.0881. The van der Waals surface area contributed by atoms with E-state index in [2.05, 4.69) is 26.9 Å². The molecule has 1 fully saturated rings. The fourth-order valence-electron chi connectivity index (χ4n) is 2.12. The summed E-state index contributed by atoms with van der Waals surface area (Å²) in [5.41, 5.74) is -0.457. The third-order valence-electron chi connectivity index (χ3n) is 3.42. The van der Waals surface area contributed by atoms with Crippen molar-refractivity contribution < 1.29 is 4.79 Å². The van der Waals surface area contributed by atoms with Gasteiger partial charge in [0.15, 0.2) is 0 Å². The van der Waals surface area contributed by atoms with Gasteiger partial charge >= 0.3 is 0 Å². The number of halogens is 1. The molecule has 6 heteroatoms. The van der Waals surface area contributed by atoms with Gasteiger partial charge in [-0.25, -0.2) is 0 Å². The van der Waals surface area contributed by atoms with E-state index < -0.39 is 5.54 Å². The van der Waals surface area contributed by atoms with Crippen molar-refractivity contribution in [2.24, 2.45) is 0 Å². The maximum Gasteiger partial charge on any atom is 0.264 e. The normalized spacial score (nSPS) is 17.3. The van der Waals surface area contributed by atoms with Crippen molar-refractivity contribution >= 4 is 33.2 Å². The number of nitriles is 1. The van der Waals surface area contributed by atoms with Crippen molar-refractivity contribution in [3.63, 3.8) is 0 Å². The average molecular weight is 342 g/mol. The molecule has 4 nitrogen and oxygen atoms in total. The molecule has 1 aliphatic rings. The summed E-state index contributed by atoms with van der Waals surface area (Å²) in [6.45, 7) is 6.69. The van der Waals surface area contributed by atoms with Gasteiger partial charge in [-0.15, -0.1) is 11.3 Å². The van der Waals surface area contributed by atoms with Crippen LogP contribution in [0.3, 0.4) is 0 Å². The molecule has 0 unspecified atom stereocenters. The van der Waals surface area contributed by atoms with Crippen LogP contribution < -0.4 is 0 Å². The Morgan fingerprint density at radius 3 is 2.47 bits per heavy atom. The standard InChI is InChI=1S/C13H16BrN3OS/c1-13(2,9-15)17-7-5-16(6-8-17)12(18)10-3-4-11(14)19-10/h3-4H,5-8H2,1-2H3. The number of thiophene rings is 1. The molecule has 0 bridgehead atoms. The van der Waals surface area contributed by atoms with E-state index in [1.807, 2.05) is 30.9 Å². The third kappa shape index (κ3) is 3.16. The van der Waals surface area contributed by atoms with E-state index >= 15 is 0 Å². The second kappa shape index (κ2) is 5.61. The predicted octanol–water partition coefficient (Wildman–Crippen LogP) is 2.57. The molecular formula is C13H16BrN3OS. The van der Waals surface area contributed by atoms with Crippen molar-refractivity contribution in [3.05, 3.63) is 20.8 Å². The highest BCUT2D eigenvalue weighted by Crippen LogP contribution is 2.24. The summed E-state index contributed by atoms with van der Waals surface area (Å²) in [6, 6.07) is 6.05. The molecule has 0 saturated carbocycles. The van der Waals surface area contributed by atoms with Crippen LogP contribution in [0.25, 0.3) is 0 Å². The summed E-state index contributed by atoms with van der Waals surface area (Å²) >= 11 is 4.83. The van der Waals surface area contributed by atoms with Crippen LogP contribution in [0.1, 0.15) is 23.5 Å². The number of hydrogen-bond acceptors (Lipinski definition) is 4. The summed E-state index contributed by atoms with van der Waals surface area (Å²) in [5, 5.41) is 9.13. The van der Waals surface area contributed by atoms with E-state index in [9.17, 15) is 4.79 Å². The minimum atomic E-state index is -0.457. The SMILES string of the molecule is CC(C)(C#N)N1CCN(C(=O)c2ccc(Br)s2)CC1. The lowest BCUT2D eigenvalue weighted by atomic mass is 10.0. The third-order valence-corrected chi connectivity index (χ3v) is 5.03. The predicted molar refractivity (Wildman–Crippen MR) is 79.2 cm³/mol. The van der Waals surface area contributed by atoms with Crippen LogP contribution >= 0.6 is 27.3 Å². The Balaban J connectivity index is 1.97. The fraction of sp³-hybridized carbons (Fsp3) is 0.538. The Hall–Kier alpha value is -0.900. The number of carbonyl (C=O) groups is 1. The molecule has 0 N–H and O–H groups in total. The number of amides is 1. The second-order valence-corrected chi connectivity index (χ2v) is 7.52. The number of piperazine rings is 1. The van der Waals surface area contributed by atoms with Gasteiger partial charge in [-0.2, -0.15) is 5.26 Å². The number of carbonyl (C=O) groups excluding carboxylic acids is 1. The number of nitrogens with zero attached hydrogens (tertiary/aromatic N) is 3. The number of hydrogen-bond donors (Lipinski definition) is 0. The number of rotatable bonds is 2. The van der Waals surface area contributed by atoms with Crippen molar-refractivity contribution in [2.45, 2.75) is 19.4 Å². The van der Waals surface area contributed by atoms with Gasteiger partial charge in [0.2, 0.25) is 0 Å². The van der Waals surface area contributed by atoms with Crippen molar-refractivity contribution in [1.82, 2.24) is 9.80 Å². The molecule has 2 rings (SSSR count). The summed E-state index contributed by atoms with van der Waals surface area (Å²) in [6.07, 6.45) is 0. The molecule has 0 atom stereocenters. The van der Waals surface area contributed by atoms with E-state index in [4.69, 9.17) is 5.26 Å². The monoisotopic (exact) mass is 341 g/mol. The van der Waals surface area contributed by atoms with Crippen molar-refractivity contribution in [3.8, 4) is 6.07 Å². The van der Waals surface area contributed by atoms with Crippen LogP contribution in [-0.2, 0) is 0 Å². The second-order valence-electron chi connectivity index (χ2n) is 5.05. The van der Waals surface area contributed by atoms with Gasteiger partial charge in [-0.1, -0.05) is 0 Å². The molecule has 1 aromatic heterocycles. The van der Waals surface area contributed by atoms with Crippen LogP contribution in [0.15, 0.2) is 15.9 Å². The van der Waals surface area contributed by atoms with Gasteiger partial charge in [-0.05, 0) is 41.9 Å². The molecule has 0 aromatic carbocycles. The average Bonchev–Trinajstić information content (AvgIpc) is 2.85. The molecule has 102 valence electrons. The Bertz CT molecular complexity index is 512. The highest BCUT2D eigenvalue weighted by molar-refractivity contribution is 9.11. The fourth-order valence-corrected chi connectivity index (χ4v) is 3.48. The first-order valence-corrected chi connectivity index (χ1v) is 7.76. The first-order chi connectivity index (χ1) is 8.94. The highest BCUT2D eigenvalue weighted by Gasteiger charge is 2.31. The van der Waals surface area contributed by atoms with Gasteiger partial charge in [0.1, 0.15) is 5.54 Å². The zero-order valence-electron chi connectivity index (χ0n) is 11.0. The molecule has 2 heterocycles. The Morgan fingerprint density at radius 2 is 2.00 bits per heavy atom. The molecule has 0 radical (unpaired) electrons. The lowest BCUT2D eigenvalue weighted by Gasteiger charge is -2.40. The molecule has 1 aliphatic heterocycles. The molecule has 0 spiro atoms. The topological polar surface area (TPSA) is 47.3 Å². The zero-order valence-corrected chi connectivity index (χ0v) is 13.4. The van der Waals surface area contributed by atoms with Crippen LogP contribution in [-0.4, -0.2) is 47.4 Å². The van der Waals surface area contributed by atoms with E-state index in [0.717, 1.165) is 21.8 Å². The molecule has 19 heavy (non-hydrogen) atoms. The maximum absolute atomic E-state index is 12.3. The summed E-state index contributed by atoms with van der Waals surface area (Å²) in [7, 11) is 0. The smallest absolute Gasteiger partial charge is 0.264 e. The first-order valence-electron chi connectivity index (χ1n) is 6.15. The lowest BCUT2D eigenvalue weighted by molar-refractivity contribution is 0.0525. The molecule has 1 amide bonds. The van der Waals surface area contributed by atoms with E-state index in [1.165, 1.54) is 11.3 Å². The van der Waals surface area contributed by atoms with Crippen LogP contribution in [0.4, 0.5) is 0 Å². The highest BCUT2D eigenvalue weighted by atomic mass is 79.9. The van der Waals surface area contributed by atoms with Gasteiger partial charge in [0, 0.05) is 26.2 Å². The minimum Gasteiger partial charge on any atom is -0.335 e. The molecule has 1 saturated heterocycles. The summed E-state index contributed by atoms with van der Waals surface area (Å²) < 4.78 is 0.972. The zero-order chi connectivity index (χ0) is 14.0. The van der Waals surface area contributed by atoms with Gasteiger partial charge < -0.3 is 4.90 Å². The quantitative estimate of drug-likeness (QED) is 0.830. The van der Waals surface area contributed by atoms with E-state index in [1.54, 1.807) is 0 Å². The van der Waals surface area contributed by atoms with Crippen molar-refractivity contribution in [1.29, 1.82) is 5.26 Å². The maximum atomic E-state index is 12.3. The Morgan fingerprint density at radius 1 is 1.37 bits per heavy atom. The van der Waals surface area contributed by atoms with Gasteiger partial charge in [-0.3, -0.25) is 9.69 Å². The largest absolute Gasteiger partial charge is 0.335 e. The lowest BCUT2D eigenvalue weighted by Crippen LogP contribution is -2.55. The summed E-state index contributed by atoms with van der Waals surface area (Å²) in [4.78, 5) is 17.0. The van der Waals surface area contributed by atoms with E-state index in [-0.39, 0.29) is 5.91 Å². The van der Waals surface area contributed by atoms with Crippen molar-refractivity contribution in [2.75, 3.05) is 26.2 Å². The van der Waals surface area contributed by atoms with E-state index in [0.29, 0.717) is 13.1 Å². The van der Waals surface area contributed by atoms with Crippen LogP contribution in [0, 0.1) is 11.3 Å².